The second kappa shape index (κ2) is 4.35. The molecule has 0 bridgehead atoms. The van der Waals surface area contributed by atoms with Crippen molar-refractivity contribution in [3.05, 3.63) is 36.4 Å². The van der Waals surface area contributed by atoms with Crippen LogP contribution in [0.4, 0.5) is 5.69 Å². The smallest absolute Gasteiger partial charge is 0.297 e. The number of anilines is 1. The SMILES string of the molecule is CCNc1ccc2ccccc2c1S(=O)(=O)O. The Balaban J connectivity index is 2.85. The van der Waals surface area contributed by atoms with Gasteiger partial charge in [0, 0.05) is 11.9 Å². The Morgan fingerprint density at radius 2 is 1.88 bits per heavy atom. The third-order valence-corrected chi connectivity index (χ3v) is 3.46. The summed E-state index contributed by atoms with van der Waals surface area (Å²) >= 11 is 0. The zero-order valence-corrected chi connectivity index (χ0v) is 10.2. The van der Waals surface area contributed by atoms with E-state index in [0.717, 1.165) is 5.39 Å². The molecule has 0 spiro atoms. The highest BCUT2D eigenvalue weighted by Gasteiger charge is 2.18. The Bertz CT molecular complexity index is 650. The molecule has 0 radical (unpaired) electrons. The van der Waals surface area contributed by atoms with Crippen LogP contribution in [-0.2, 0) is 10.1 Å². The van der Waals surface area contributed by atoms with Gasteiger partial charge in [-0.25, -0.2) is 0 Å². The number of nitrogens with one attached hydrogen (secondary N) is 1. The summed E-state index contributed by atoms with van der Waals surface area (Å²) in [6, 6.07) is 10.5. The second-order valence-corrected chi connectivity index (χ2v) is 5.03. The second-order valence-electron chi connectivity index (χ2n) is 3.67. The van der Waals surface area contributed by atoms with Gasteiger partial charge in [0.2, 0.25) is 0 Å². The summed E-state index contributed by atoms with van der Waals surface area (Å²) in [5, 5.41) is 4.24. The molecular weight excluding hydrogens is 238 g/mol. The summed E-state index contributed by atoms with van der Waals surface area (Å²) in [7, 11) is -4.24. The van der Waals surface area contributed by atoms with Crippen molar-refractivity contribution in [2.45, 2.75) is 11.8 Å². The summed E-state index contributed by atoms with van der Waals surface area (Å²) in [6.45, 7) is 2.45. The maximum atomic E-state index is 11.5. The van der Waals surface area contributed by atoms with Crippen LogP contribution in [0.2, 0.25) is 0 Å². The summed E-state index contributed by atoms with van der Waals surface area (Å²) in [5.74, 6) is 0. The van der Waals surface area contributed by atoms with Crippen LogP contribution < -0.4 is 5.32 Å². The van der Waals surface area contributed by atoms with Crippen molar-refractivity contribution in [3.8, 4) is 0 Å². The van der Waals surface area contributed by atoms with Crippen LogP contribution in [0.1, 0.15) is 6.92 Å². The molecule has 17 heavy (non-hydrogen) atoms. The summed E-state index contributed by atoms with van der Waals surface area (Å²) in [4.78, 5) is -0.0579. The minimum absolute atomic E-state index is 0.0579. The van der Waals surface area contributed by atoms with Gasteiger partial charge in [-0.2, -0.15) is 8.42 Å². The van der Waals surface area contributed by atoms with E-state index in [4.69, 9.17) is 0 Å². The fraction of sp³-hybridized carbons (Fsp3) is 0.167. The molecule has 2 aromatic rings. The molecule has 0 unspecified atom stereocenters. The number of hydrogen-bond donors (Lipinski definition) is 2. The highest BCUT2D eigenvalue weighted by Crippen LogP contribution is 2.30. The van der Waals surface area contributed by atoms with Crippen molar-refractivity contribution >= 4 is 26.6 Å². The van der Waals surface area contributed by atoms with Gasteiger partial charge in [0.05, 0.1) is 5.69 Å². The molecule has 0 fully saturated rings. The van der Waals surface area contributed by atoms with Gasteiger partial charge in [-0.05, 0) is 18.4 Å². The number of benzene rings is 2. The first-order valence-electron chi connectivity index (χ1n) is 5.27. The molecule has 0 aliphatic rings. The monoisotopic (exact) mass is 251 g/mol. The minimum atomic E-state index is -4.24. The van der Waals surface area contributed by atoms with Crippen LogP contribution in [0.5, 0.6) is 0 Å². The van der Waals surface area contributed by atoms with Crippen LogP contribution in [0.25, 0.3) is 10.8 Å². The fourth-order valence-electron chi connectivity index (χ4n) is 1.85. The molecule has 0 aliphatic heterocycles. The maximum absolute atomic E-state index is 11.5. The number of hydrogen-bond acceptors (Lipinski definition) is 3. The Labute approximate surface area is 100 Å². The Hall–Kier alpha value is -1.59. The molecule has 2 rings (SSSR count). The van der Waals surface area contributed by atoms with Crippen molar-refractivity contribution < 1.29 is 13.0 Å². The zero-order valence-electron chi connectivity index (χ0n) is 9.34. The standard InChI is InChI=1S/C12H13NO3S/c1-2-13-11-8-7-9-5-3-4-6-10(9)12(11)17(14,15)16/h3-8,13H,2H2,1H3,(H,14,15,16). The van der Waals surface area contributed by atoms with Crippen molar-refractivity contribution in [2.75, 3.05) is 11.9 Å². The molecule has 0 saturated heterocycles. The van der Waals surface area contributed by atoms with Gasteiger partial charge in [-0.1, -0.05) is 30.3 Å². The van der Waals surface area contributed by atoms with Crippen molar-refractivity contribution in [2.24, 2.45) is 0 Å². The molecule has 2 aromatic carbocycles. The lowest BCUT2D eigenvalue weighted by Crippen LogP contribution is -2.06. The lowest BCUT2D eigenvalue weighted by Gasteiger charge is -2.11. The molecular formula is C12H13NO3S. The van der Waals surface area contributed by atoms with E-state index in [1.54, 1.807) is 24.3 Å². The average molecular weight is 251 g/mol. The predicted molar refractivity (Wildman–Crippen MR) is 67.9 cm³/mol. The van der Waals surface area contributed by atoms with Gasteiger partial charge in [0.1, 0.15) is 4.90 Å². The molecule has 0 saturated carbocycles. The molecule has 0 heterocycles. The predicted octanol–water partition coefficient (Wildman–Crippen LogP) is 2.52. The van der Waals surface area contributed by atoms with E-state index in [1.807, 2.05) is 19.1 Å². The van der Waals surface area contributed by atoms with E-state index in [-0.39, 0.29) is 4.90 Å². The third-order valence-electron chi connectivity index (χ3n) is 2.50. The summed E-state index contributed by atoms with van der Waals surface area (Å²) in [5.41, 5.74) is 0.425. The van der Waals surface area contributed by atoms with Gasteiger partial charge in [-0.3, -0.25) is 4.55 Å². The zero-order chi connectivity index (χ0) is 12.5. The van der Waals surface area contributed by atoms with Crippen molar-refractivity contribution in [3.63, 3.8) is 0 Å². The van der Waals surface area contributed by atoms with Crippen molar-refractivity contribution in [1.82, 2.24) is 0 Å². The molecule has 0 amide bonds. The highest BCUT2D eigenvalue weighted by atomic mass is 32.2. The highest BCUT2D eigenvalue weighted by molar-refractivity contribution is 7.86. The molecule has 0 aliphatic carbocycles. The van der Waals surface area contributed by atoms with Crippen LogP contribution in [0.3, 0.4) is 0 Å². The van der Waals surface area contributed by atoms with Crippen molar-refractivity contribution in [1.29, 1.82) is 0 Å². The Kier molecular flexibility index (Phi) is 3.04. The first kappa shape index (κ1) is 11.9. The average Bonchev–Trinajstić information content (AvgIpc) is 2.27. The molecule has 4 nitrogen and oxygen atoms in total. The van der Waals surface area contributed by atoms with Gasteiger partial charge in [0.25, 0.3) is 10.1 Å². The van der Waals surface area contributed by atoms with Gasteiger partial charge in [0.15, 0.2) is 0 Å². The van der Waals surface area contributed by atoms with E-state index >= 15 is 0 Å². The molecule has 0 atom stereocenters. The van der Waals surface area contributed by atoms with E-state index in [0.29, 0.717) is 17.6 Å². The lowest BCUT2D eigenvalue weighted by atomic mass is 10.1. The van der Waals surface area contributed by atoms with Gasteiger partial charge in [-0.15, -0.1) is 0 Å². The Morgan fingerprint density at radius 3 is 2.53 bits per heavy atom. The molecule has 90 valence electrons. The Morgan fingerprint density at radius 1 is 1.18 bits per heavy atom. The molecule has 0 aromatic heterocycles. The van der Waals surface area contributed by atoms with Crippen LogP contribution in [0.15, 0.2) is 41.3 Å². The maximum Gasteiger partial charge on any atom is 0.297 e. The van der Waals surface area contributed by atoms with Crippen LogP contribution >= 0.6 is 0 Å². The number of fused-ring (bicyclic) bond motifs is 1. The van der Waals surface area contributed by atoms with Gasteiger partial charge >= 0.3 is 0 Å². The fourth-order valence-corrected chi connectivity index (χ4v) is 2.73. The molecule has 5 heteroatoms. The largest absolute Gasteiger partial charge is 0.384 e. The summed E-state index contributed by atoms with van der Waals surface area (Å²) < 4.78 is 32.2. The van der Waals surface area contributed by atoms with Gasteiger partial charge < -0.3 is 5.32 Å². The van der Waals surface area contributed by atoms with Crippen LogP contribution in [-0.4, -0.2) is 19.5 Å². The molecule has 2 N–H and O–H groups in total. The number of rotatable bonds is 3. The van der Waals surface area contributed by atoms with E-state index in [2.05, 4.69) is 5.32 Å². The minimum Gasteiger partial charge on any atom is -0.384 e. The van der Waals surface area contributed by atoms with E-state index in [1.165, 1.54) is 0 Å². The van der Waals surface area contributed by atoms with Crippen LogP contribution in [0, 0.1) is 0 Å². The first-order chi connectivity index (χ1) is 8.04. The topological polar surface area (TPSA) is 66.4 Å². The quantitative estimate of drug-likeness (QED) is 0.823. The summed E-state index contributed by atoms with van der Waals surface area (Å²) in [6.07, 6.45) is 0. The third kappa shape index (κ3) is 2.25. The van der Waals surface area contributed by atoms with E-state index < -0.39 is 10.1 Å². The normalized spacial score (nSPS) is 11.6. The lowest BCUT2D eigenvalue weighted by molar-refractivity contribution is 0.484. The van der Waals surface area contributed by atoms with E-state index in [9.17, 15) is 13.0 Å². The first-order valence-corrected chi connectivity index (χ1v) is 6.71.